The van der Waals surface area contributed by atoms with E-state index >= 15 is 0 Å². The van der Waals surface area contributed by atoms with Crippen molar-refractivity contribution in [2.24, 2.45) is 0 Å². The molecular formula is C19H17ClO3. The number of halogens is 1. The summed E-state index contributed by atoms with van der Waals surface area (Å²) in [5.74, 6) is 0.338. The van der Waals surface area contributed by atoms with Gasteiger partial charge in [0.15, 0.2) is 0 Å². The summed E-state index contributed by atoms with van der Waals surface area (Å²) in [7, 11) is 0. The van der Waals surface area contributed by atoms with Crippen LogP contribution in [-0.2, 0) is 9.53 Å². The Morgan fingerprint density at radius 1 is 1.22 bits per heavy atom. The van der Waals surface area contributed by atoms with E-state index in [9.17, 15) is 4.79 Å². The van der Waals surface area contributed by atoms with E-state index in [2.05, 4.69) is 0 Å². The number of rotatable bonds is 5. The summed E-state index contributed by atoms with van der Waals surface area (Å²) in [6.45, 7) is 2.18. The van der Waals surface area contributed by atoms with Crippen molar-refractivity contribution in [2.45, 2.75) is 19.3 Å². The molecule has 0 aliphatic heterocycles. The quantitative estimate of drug-likeness (QED) is 0.606. The van der Waals surface area contributed by atoms with Crippen molar-refractivity contribution in [1.29, 1.82) is 0 Å². The molecule has 4 heteroatoms. The predicted octanol–water partition coefficient (Wildman–Crippen LogP) is 5.17. The summed E-state index contributed by atoms with van der Waals surface area (Å²) < 4.78 is 10.9. The van der Waals surface area contributed by atoms with Crippen LogP contribution in [-0.4, -0.2) is 12.6 Å². The van der Waals surface area contributed by atoms with E-state index in [1.807, 2.05) is 48.5 Å². The molecule has 3 nitrogen and oxygen atoms in total. The second-order valence-corrected chi connectivity index (χ2v) is 5.74. The van der Waals surface area contributed by atoms with E-state index in [1.54, 1.807) is 13.2 Å². The summed E-state index contributed by atoms with van der Waals surface area (Å²) >= 11 is 6.03. The number of esters is 1. The maximum absolute atomic E-state index is 12.0. The SMILES string of the molecule is CCOC(=O)CC(c1ccccc1)c1occ2cc(Cl)ccc12. The van der Waals surface area contributed by atoms with E-state index in [0.717, 1.165) is 22.1 Å². The van der Waals surface area contributed by atoms with Crippen molar-refractivity contribution in [2.75, 3.05) is 6.61 Å². The van der Waals surface area contributed by atoms with Gasteiger partial charge in [-0.15, -0.1) is 0 Å². The van der Waals surface area contributed by atoms with E-state index in [4.69, 9.17) is 20.8 Å². The first kappa shape index (κ1) is 15.6. The highest BCUT2D eigenvalue weighted by atomic mass is 35.5. The van der Waals surface area contributed by atoms with Crippen LogP contribution in [0.4, 0.5) is 0 Å². The highest BCUT2D eigenvalue weighted by Crippen LogP contribution is 2.35. The Kier molecular flexibility index (Phi) is 4.68. The van der Waals surface area contributed by atoms with E-state index in [-0.39, 0.29) is 18.3 Å². The third-order valence-electron chi connectivity index (χ3n) is 3.79. The van der Waals surface area contributed by atoms with Gasteiger partial charge in [0, 0.05) is 15.8 Å². The number of hydrogen-bond donors (Lipinski definition) is 0. The normalized spacial score (nSPS) is 12.3. The standard InChI is InChI=1S/C19H17ClO3/c1-2-22-18(21)11-17(13-6-4-3-5-7-13)19-16-9-8-15(20)10-14(16)12-23-19/h3-10,12,17H,2,11H2,1H3. The summed E-state index contributed by atoms with van der Waals surface area (Å²) in [6.07, 6.45) is 1.92. The number of ether oxygens (including phenoxy) is 1. The van der Waals surface area contributed by atoms with Gasteiger partial charge in [0.1, 0.15) is 5.76 Å². The minimum atomic E-state index is -0.236. The zero-order chi connectivity index (χ0) is 16.2. The number of fused-ring (bicyclic) bond motifs is 1. The molecule has 118 valence electrons. The Morgan fingerprint density at radius 2 is 2.00 bits per heavy atom. The molecule has 23 heavy (non-hydrogen) atoms. The van der Waals surface area contributed by atoms with Gasteiger partial charge in [-0.2, -0.15) is 0 Å². The third kappa shape index (κ3) is 3.40. The fraction of sp³-hybridized carbons (Fsp3) is 0.211. The molecule has 0 fully saturated rings. The number of carbonyl (C=O) groups excluding carboxylic acids is 1. The highest BCUT2D eigenvalue weighted by molar-refractivity contribution is 6.31. The molecule has 1 atom stereocenters. The van der Waals surface area contributed by atoms with E-state index in [0.29, 0.717) is 11.6 Å². The molecule has 0 bridgehead atoms. The molecule has 1 heterocycles. The van der Waals surface area contributed by atoms with Crippen molar-refractivity contribution in [3.05, 3.63) is 71.1 Å². The van der Waals surface area contributed by atoms with Crippen molar-refractivity contribution in [3.8, 4) is 0 Å². The van der Waals surface area contributed by atoms with Crippen molar-refractivity contribution in [3.63, 3.8) is 0 Å². The minimum absolute atomic E-state index is 0.186. The number of benzene rings is 2. The molecule has 0 saturated carbocycles. The molecule has 0 saturated heterocycles. The lowest BCUT2D eigenvalue weighted by Crippen LogP contribution is -2.11. The van der Waals surface area contributed by atoms with Gasteiger partial charge in [-0.3, -0.25) is 4.79 Å². The first-order valence-electron chi connectivity index (χ1n) is 7.56. The molecule has 0 aliphatic rings. The molecule has 0 amide bonds. The average Bonchev–Trinajstić information content (AvgIpc) is 2.96. The van der Waals surface area contributed by atoms with Crippen molar-refractivity contribution >= 4 is 28.3 Å². The monoisotopic (exact) mass is 328 g/mol. The second-order valence-electron chi connectivity index (χ2n) is 5.30. The maximum Gasteiger partial charge on any atom is 0.306 e. The van der Waals surface area contributed by atoms with Gasteiger partial charge in [-0.25, -0.2) is 0 Å². The Labute approximate surface area is 139 Å². The van der Waals surface area contributed by atoms with E-state index in [1.165, 1.54) is 0 Å². The van der Waals surface area contributed by atoms with Crippen LogP contribution >= 0.6 is 11.6 Å². The number of furan rings is 1. The summed E-state index contributed by atoms with van der Waals surface area (Å²) in [5, 5.41) is 2.55. The van der Waals surface area contributed by atoms with Crippen LogP contribution < -0.4 is 0 Å². The Hall–Kier alpha value is -2.26. The molecule has 3 rings (SSSR count). The van der Waals surface area contributed by atoms with Crippen LogP contribution in [0, 0.1) is 0 Å². The Balaban J connectivity index is 2.04. The number of hydrogen-bond acceptors (Lipinski definition) is 3. The van der Waals surface area contributed by atoms with Gasteiger partial charge in [0.2, 0.25) is 0 Å². The molecule has 1 unspecified atom stereocenters. The molecular weight excluding hydrogens is 312 g/mol. The van der Waals surface area contributed by atoms with Crippen molar-refractivity contribution < 1.29 is 13.9 Å². The molecule has 0 aliphatic carbocycles. The maximum atomic E-state index is 12.0. The third-order valence-corrected chi connectivity index (χ3v) is 4.02. The fourth-order valence-corrected chi connectivity index (χ4v) is 2.93. The van der Waals surface area contributed by atoms with Gasteiger partial charge < -0.3 is 9.15 Å². The van der Waals surface area contributed by atoms with Crippen LogP contribution in [0.15, 0.2) is 59.2 Å². The average molecular weight is 329 g/mol. The first-order valence-corrected chi connectivity index (χ1v) is 7.94. The topological polar surface area (TPSA) is 39.4 Å². The van der Waals surface area contributed by atoms with Gasteiger partial charge in [0.05, 0.1) is 25.2 Å². The zero-order valence-electron chi connectivity index (χ0n) is 12.8. The molecule has 0 N–H and O–H groups in total. The minimum Gasteiger partial charge on any atom is -0.467 e. The van der Waals surface area contributed by atoms with Gasteiger partial charge in [0.25, 0.3) is 0 Å². The zero-order valence-corrected chi connectivity index (χ0v) is 13.5. The van der Waals surface area contributed by atoms with Crippen LogP contribution in [0.2, 0.25) is 5.02 Å². The second kappa shape index (κ2) is 6.88. The number of carbonyl (C=O) groups is 1. The summed E-state index contributed by atoms with van der Waals surface area (Å²) in [4.78, 5) is 12.0. The highest BCUT2D eigenvalue weighted by Gasteiger charge is 2.24. The predicted molar refractivity (Wildman–Crippen MR) is 90.8 cm³/mol. The molecule has 3 aromatic rings. The van der Waals surface area contributed by atoms with Crippen LogP contribution in [0.1, 0.15) is 30.6 Å². The molecule has 0 spiro atoms. The van der Waals surface area contributed by atoms with Crippen LogP contribution in [0.3, 0.4) is 0 Å². The lowest BCUT2D eigenvalue weighted by Gasteiger charge is -2.15. The lowest BCUT2D eigenvalue weighted by atomic mass is 9.91. The van der Waals surface area contributed by atoms with Crippen LogP contribution in [0.25, 0.3) is 10.8 Å². The van der Waals surface area contributed by atoms with Crippen molar-refractivity contribution in [1.82, 2.24) is 0 Å². The van der Waals surface area contributed by atoms with Gasteiger partial charge in [-0.05, 0) is 30.7 Å². The summed E-state index contributed by atoms with van der Waals surface area (Å²) in [6, 6.07) is 15.5. The molecule has 2 aromatic carbocycles. The molecule has 0 radical (unpaired) electrons. The first-order chi connectivity index (χ1) is 11.2. The smallest absolute Gasteiger partial charge is 0.306 e. The Bertz CT molecular complexity index is 808. The van der Waals surface area contributed by atoms with E-state index < -0.39 is 0 Å². The summed E-state index contributed by atoms with van der Waals surface area (Å²) in [5.41, 5.74) is 1.02. The molecule has 1 aromatic heterocycles. The Morgan fingerprint density at radius 3 is 2.74 bits per heavy atom. The largest absolute Gasteiger partial charge is 0.467 e. The van der Waals surface area contributed by atoms with Gasteiger partial charge in [-0.1, -0.05) is 41.9 Å². The van der Waals surface area contributed by atoms with Gasteiger partial charge >= 0.3 is 5.97 Å². The lowest BCUT2D eigenvalue weighted by molar-refractivity contribution is -0.143. The fourth-order valence-electron chi connectivity index (χ4n) is 2.75. The van der Waals surface area contributed by atoms with Crippen LogP contribution in [0.5, 0.6) is 0 Å².